The molecular formula is C20H17N3O5. The Labute approximate surface area is 160 Å². The molecule has 0 aromatic heterocycles. The highest BCUT2D eigenvalue weighted by molar-refractivity contribution is 6.26. The molecule has 2 aliphatic heterocycles. The van der Waals surface area contributed by atoms with E-state index in [9.17, 15) is 19.7 Å². The summed E-state index contributed by atoms with van der Waals surface area (Å²) in [6.07, 6.45) is 0.0381. The normalized spacial score (nSPS) is 21.2. The van der Waals surface area contributed by atoms with Crippen molar-refractivity contribution >= 4 is 28.9 Å². The number of carbonyl (C=O) groups is 2. The van der Waals surface area contributed by atoms with Crippen LogP contribution in [-0.2, 0) is 14.4 Å². The van der Waals surface area contributed by atoms with Crippen LogP contribution < -0.4 is 4.90 Å². The van der Waals surface area contributed by atoms with Gasteiger partial charge in [0.15, 0.2) is 0 Å². The average Bonchev–Trinajstić information content (AvgIpc) is 3.18. The van der Waals surface area contributed by atoms with Crippen molar-refractivity contribution in [3.05, 3.63) is 69.3 Å². The summed E-state index contributed by atoms with van der Waals surface area (Å²) < 4.78 is 0. The summed E-state index contributed by atoms with van der Waals surface area (Å²) in [6.45, 7) is 3.70. The Bertz CT molecular complexity index is 1020. The molecule has 8 nitrogen and oxygen atoms in total. The van der Waals surface area contributed by atoms with Gasteiger partial charge in [-0.15, -0.1) is 0 Å². The van der Waals surface area contributed by atoms with E-state index in [-0.39, 0.29) is 24.4 Å². The topological polar surface area (TPSA) is 102 Å². The van der Waals surface area contributed by atoms with E-state index in [1.165, 1.54) is 17.0 Å². The standard InChI is InChI=1S/C20H17N3O5/c1-12-4-3-5-13(2)18(12)22-17(24)11-20(19(22)25)10-16(21-28-20)14-6-8-15(9-7-14)23(26)27/h3-9H,10-11H2,1-2H3/t20-/m0/s1. The predicted molar refractivity (Wildman–Crippen MR) is 101 cm³/mol. The molecule has 1 spiro atoms. The quantitative estimate of drug-likeness (QED) is 0.463. The molecule has 142 valence electrons. The second kappa shape index (κ2) is 6.26. The number of benzene rings is 2. The molecule has 2 aliphatic rings. The Morgan fingerprint density at radius 1 is 1.07 bits per heavy atom. The maximum absolute atomic E-state index is 13.2. The summed E-state index contributed by atoms with van der Waals surface area (Å²) in [5.41, 5.74) is 1.95. The second-order valence-electron chi connectivity index (χ2n) is 7.06. The largest absolute Gasteiger partial charge is 0.378 e. The van der Waals surface area contributed by atoms with Crippen LogP contribution in [0.4, 0.5) is 11.4 Å². The third-order valence-corrected chi connectivity index (χ3v) is 5.14. The first-order chi connectivity index (χ1) is 13.3. The van der Waals surface area contributed by atoms with Crippen LogP contribution in [0, 0.1) is 24.0 Å². The van der Waals surface area contributed by atoms with E-state index in [1.54, 1.807) is 12.1 Å². The molecule has 0 saturated carbocycles. The molecule has 1 atom stereocenters. The van der Waals surface area contributed by atoms with Crippen LogP contribution in [0.15, 0.2) is 47.6 Å². The van der Waals surface area contributed by atoms with Gasteiger partial charge in [-0.2, -0.15) is 0 Å². The number of nitro groups is 1. The van der Waals surface area contributed by atoms with Gasteiger partial charge in [0.25, 0.3) is 11.6 Å². The lowest BCUT2D eigenvalue weighted by Gasteiger charge is -2.22. The molecule has 4 rings (SSSR count). The third-order valence-electron chi connectivity index (χ3n) is 5.14. The number of hydrogen-bond acceptors (Lipinski definition) is 6. The lowest BCUT2D eigenvalue weighted by atomic mass is 9.92. The van der Waals surface area contributed by atoms with Crippen LogP contribution in [0.25, 0.3) is 0 Å². The number of imide groups is 1. The van der Waals surface area contributed by atoms with Crippen LogP contribution in [-0.4, -0.2) is 28.1 Å². The van der Waals surface area contributed by atoms with Gasteiger partial charge in [0, 0.05) is 18.6 Å². The molecule has 2 amide bonds. The van der Waals surface area contributed by atoms with Crippen molar-refractivity contribution in [2.24, 2.45) is 5.16 Å². The first kappa shape index (κ1) is 17.8. The van der Waals surface area contributed by atoms with Crippen LogP contribution in [0.5, 0.6) is 0 Å². The molecule has 0 aliphatic carbocycles. The molecule has 2 heterocycles. The minimum Gasteiger partial charge on any atom is -0.378 e. The summed E-state index contributed by atoms with van der Waals surface area (Å²) in [4.78, 5) is 42.9. The van der Waals surface area contributed by atoms with Crippen LogP contribution >= 0.6 is 0 Å². The number of amides is 2. The van der Waals surface area contributed by atoms with Gasteiger partial charge >= 0.3 is 0 Å². The van der Waals surface area contributed by atoms with E-state index in [1.807, 2.05) is 32.0 Å². The first-order valence-corrected chi connectivity index (χ1v) is 8.76. The number of nitrogens with zero attached hydrogens (tertiary/aromatic N) is 3. The molecule has 28 heavy (non-hydrogen) atoms. The van der Waals surface area contributed by atoms with Crippen molar-refractivity contribution in [2.75, 3.05) is 4.90 Å². The van der Waals surface area contributed by atoms with Crippen LogP contribution in [0.2, 0.25) is 0 Å². The zero-order chi connectivity index (χ0) is 20.1. The molecule has 0 unspecified atom stereocenters. The fourth-order valence-corrected chi connectivity index (χ4v) is 3.72. The van der Waals surface area contributed by atoms with Crippen molar-refractivity contribution in [3.8, 4) is 0 Å². The van der Waals surface area contributed by atoms with Gasteiger partial charge in [-0.3, -0.25) is 19.7 Å². The number of non-ortho nitro benzene ring substituents is 1. The van der Waals surface area contributed by atoms with Crippen molar-refractivity contribution in [1.29, 1.82) is 0 Å². The molecular weight excluding hydrogens is 362 g/mol. The molecule has 0 radical (unpaired) electrons. The average molecular weight is 379 g/mol. The smallest absolute Gasteiger partial charge is 0.281 e. The highest BCUT2D eigenvalue weighted by Gasteiger charge is 2.58. The summed E-state index contributed by atoms with van der Waals surface area (Å²) in [7, 11) is 0. The van der Waals surface area contributed by atoms with Crippen molar-refractivity contribution in [3.63, 3.8) is 0 Å². The van der Waals surface area contributed by atoms with Gasteiger partial charge in [-0.05, 0) is 42.7 Å². The van der Waals surface area contributed by atoms with E-state index < -0.39 is 16.4 Å². The zero-order valence-corrected chi connectivity index (χ0v) is 15.3. The molecule has 0 N–H and O–H groups in total. The molecule has 2 aromatic carbocycles. The van der Waals surface area contributed by atoms with Crippen molar-refractivity contribution < 1.29 is 19.3 Å². The van der Waals surface area contributed by atoms with Gasteiger partial charge in [-0.1, -0.05) is 23.4 Å². The second-order valence-corrected chi connectivity index (χ2v) is 7.06. The third kappa shape index (κ3) is 2.65. The van der Waals surface area contributed by atoms with Crippen LogP contribution in [0.1, 0.15) is 29.5 Å². The predicted octanol–water partition coefficient (Wildman–Crippen LogP) is 3.04. The number of para-hydroxylation sites is 1. The molecule has 1 saturated heterocycles. The van der Waals surface area contributed by atoms with Crippen LogP contribution in [0.3, 0.4) is 0 Å². The number of anilines is 1. The lowest BCUT2D eigenvalue weighted by molar-refractivity contribution is -0.384. The molecule has 2 aromatic rings. The highest BCUT2D eigenvalue weighted by atomic mass is 16.7. The summed E-state index contributed by atoms with van der Waals surface area (Å²) in [5, 5.41) is 14.8. The summed E-state index contributed by atoms with van der Waals surface area (Å²) >= 11 is 0. The Kier molecular flexibility index (Phi) is 3.99. The number of oxime groups is 1. The SMILES string of the molecule is Cc1cccc(C)c1N1C(=O)C[C@@]2(CC(c3ccc([N+](=O)[O-])cc3)=NO2)C1=O. The maximum atomic E-state index is 13.2. The molecule has 1 fully saturated rings. The fraction of sp³-hybridized carbons (Fsp3) is 0.250. The van der Waals surface area contributed by atoms with Gasteiger partial charge in [0.2, 0.25) is 11.5 Å². The summed E-state index contributed by atoms with van der Waals surface area (Å²) in [6, 6.07) is 11.4. The minimum absolute atomic E-state index is 0.0358. The fourth-order valence-electron chi connectivity index (χ4n) is 3.72. The van der Waals surface area contributed by atoms with Crippen molar-refractivity contribution in [2.45, 2.75) is 32.3 Å². The van der Waals surface area contributed by atoms with Gasteiger partial charge in [0.05, 0.1) is 22.7 Å². The number of aryl methyl sites for hydroxylation is 2. The molecule has 8 heteroatoms. The highest BCUT2D eigenvalue weighted by Crippen LogP contribution is 2.41. The zero-order valence-electron chi connectivity index (χ0n) is 15.3. The Balaban J connectivity index is 1.62. The van der Waals surface area contributed by atoms with E-state index in [4.69, 9.17) is 4.84 Å². The Hall–Kier alpha value is -3.55. The van der Waals surface area contributed by atoms with Gasteiger partial charge in [0.1, 0.15) is 0 Å². The number of hydrogen-bond donors (Lipinski definition) is 0. The lowest BCUT2D eigenvalue weighted by Crippen LogP contribution is -2.41. The first-order valence-electron chi connectivity index (χ1n) is 8.76. The Morgan fingerprint density at radius 2 is 1.71 bits per heavy atom. The van der Waals surface area contributed by atoms with E-state index in [0.717, 1.165) is 11.1 Å². The maximum Gasteiger partial charge on any atom is 0.281 e. The van der Waals surface area contributed by atoms with E-state index >= 15 is 0 Å². The van der Waals surface area contributed by atoms with Gasteiger partial charge < -0.3 is 4.84 Å². The summed E-state index contributed by atoms with van der Waals surface area (Å²) in [5.74, 6) is -0.766. The number of nitro benzene ring substituents is 1. The van der Waals surface area contributed by atoms with Crippen molar-refractivity contribution in [1.82, 2.24) is 0 Å². The van der Waals surface area contributed by atoms with E-state index in [2.05, 4.69) is 5.16 Å². The van der Waals surface area contributed by atoms with E-state index in [0.29, 0.717) is 17.0 Å². The number of carbonyl (C=O) groups excluding carboxylic acids is 2. The monoisotopic (exact) mass is 379 g/mol. The van der Waals surface area contributed by atoms with Gasteiger partial charge in [-0.25, -0.2) is 4.90 Å². The molecule has 0 bridgehead atoms. The Morgan fingerprint density at radius 3 is 2.32 bits per heavy atom. The minimum atomic E-state index is -1.36. The number of rotatable bonds is 3.